The summed E-state index contributed by atoms with van der Waals surface area (Å²) in [5, 5.41) is 0. The van der Waals surface area contributed by atoms with Crippen LogP contribution in [0, 0.1) is 0 Å². The Hall–Kier alpha value is -3.35. The van der Waals surface area contributed by atoms with Crippen molar-refractivity contribution in [2.24, 2.45) is 0 Å². The second kappa shape index (κ2) is 9.65. The molecule has 2 aromatic rings. The number of urea groups is 1. The molecule has 2 aliphatic heterocycles. The maximum atomic E-state index is 12.9. The molecule has 0 radical (unpaired) electrons. The predicted molar refractivity (Wildman–Crippen MR) is 130 cm³/mol. The topological polar surface area (TPSA) is 64.2 Å². The van der Waals surface area contributed by atoms with Crippen LogP contribution in [0.1, 0.15) is 42.6 Å². The van der Waals surface area contributed by atoms with Crippen LogP contribution >= 0.6 is 0 Å². The van der Waals surface area contributed by atoms with Gasteiger partial charge in [0.2, 0.25) is 5.91 Å². The molecular weight excluding hydrogens is 416 g/mol. The smallest absolute Gasteiger partial charge is 0.325 e. The van der Waals surface area contributed by atoms with Gasteiger partial charge in [-0.1, -0.05) is 26.0 Å². The van der Waals surface area contributed by atoms with E-state index < -0.39 is 0 Å². The maximum Gasteiger partial charge on any atom is 0.325 e. The second-order valence-electron chi connectivity index (χ2n) is 9.07. The van der Waals surface area contributed by atoms with Gasteiger partial charge in [0, 0.05) is 56.2 Å². The van der Waals surface area contributed by atoms with Gasteiger partial charge < -0.3 is 14.7 Å². The van der Waals surface area contributed by atoms with E-state index in [0.717, 1.165) is 24.5 Å². The van der Waals surface area contributed by atoms with Crippen molar-refractivity contribution in [2.45, 2.75) is 26.7 Å². The first-order valence-electron chi connectivity index (χ1n) is 11.6. The van der Waals surface area contributed by atoms with E-state index >= 15 is 0 Å². The van der Waals surface area contributed by atoms with Gasteiger partial charge in [-0.15, -0.1) is 0 Å². The Morgan fingerprint density at radius 2 is 1.42 bits per heavy atom. The van der Waals surface area contributed by atoms with Crippen molar-refractivity contribution in [3.05, 3.63) is 59.7 Å². The Balaban J connectivity index is 1.29. The van der Waals surface area contributed by atoms with E-state index in [0.29, 0.717) is 37.7 Å². The zero-order valence-electron chi connectivity index (χ0n) is 19.7. The number of Topliss-reactive ketones (excluding diaryl/α,β-unsaturated/α-hetero) is 1. The fraction of sp³-hybridized carbons (Fsp3) is 0.423. The molecule has 7 nitrogen and oxygen atoms in total. The third-order valence-electron chi connectivity index (χ3n) is 6.56. The number of piperazine rings is 1. The molecule has 2 aliphatic rings. The summed E-state index contributed by atoms with van der Waals surface area (Å²) in [6, 6.07) is 15.6. The van der Waals surface area contributed by atoms with Crippen molar-refractivity contribution in [3.63, 3.8) is 0 Å². The maximum absolute atomic E-state index is 12.9. The van der Waals surface area contributed by atoms with E-state index in [1.165, 1.54) is 5.56 Å². The van der Waals surface area contributed by atoms with E-state index in [2.05, 4.69) is 30.9 Å². The molecule has 0 N–H and O–H groups in total. The van der Waals surface area contributed by atoms with Gasteiger partial charge >= 0.3 is 6.03 Å². The van der Waals surface area contributed by atoms with E-state index in [4.69, 9.17) is 0 Å². The minimum absolute atomic E-state index is 0.00747. The van der Waals surface area contributed by atoms with Crippen LogP contribution in [0.15, 0.2) is 48.5 Å². The van der Waals surface area contributed by atoms with Gasteiger partial charge in [-0.25, -0.2) is 4.79 Å². The number of benzene rings is 2. The number of ketones is 1. The molecule has 0 spiro atoms. The minimum atomic E-state index is -0.107. The molecule has 3 amide bonds. The molecule has 0 unspecified atom stereocenters. The lowest BCUT2D eigenvalue weighted by molar-refractivity contribution is -0.131. The summed E-state index contributed by atoms with van der Waals surface area (Å²) >= 11 is 0. The average Bonchev–Trinajstić information content (AvgIpc) is 3.19. The number of carbonyl (C=O) groups is 3. The summed E-state index contributed by atoms with van der Waals surface area (Å²) in [5.74, 6) is 0.495. The van der Waals surface area contributed by atoms with Crippen molar-refractivity contribution in [3.8, 4) is 0 Å². The lowest BCUT2D eigenvalue weighted by atomic mass is 10.0. The third kappa shape index (κ3) is 5.02. The summed E-state index contributed by atoms with van der Waals surface area (Å²) in [6.45, 7) is 9.82. The van der Waals surface area contributed by atoms with E-state index in [-0.39, 0.29) is 24.3 Å². The van der Waals surface area contributed by atoms with Gasteiger partial charge in [0.1, 0.15) is 6.54 Å². The van der Waals surface area contributed by atoms with Crippen LogP contribution in [0.3, 0.4) is 0 Å². The Morgan fingerprint density at radius 1 is 0.818 bits per heavy atom. The van der Waals surface area contributed by atoms with Crippen molar-refractivity contribution in [2.75, 3.05) is 55.6 Å². The van der Waals surface area contributed by atoms with Crippen LogP contribution in [-0.2, 0) is 4.79 Å². The van der Waals surface area contributed by atoms with E-state index in [1.807, 2.05) is 41.3 Å². The zero-order chi connectivity index (χ0) is 23.5. The monoisotopic (exact) mass is 448 g/mol. The fourth-order valence-electron chi connectivity index (χ4n) is 4.39. The molecule has 2 saturated heterocycles. The molecule has 7 heteroatoms. The van der Waals surface area contributed by atoms with Crippen molar-refractivity contribution >= 4 is 29.1 Å². The van der Waals surface area contributed by atoms with Crippen LogP contribution < -0.4 is 9.80 Å². The highest BCUT2D eigenvalue weighted by Crippen LogP contribution is 2.24. The molecule has 0 atom stereocenters. The van der Waals surface area contributed by atoms with Crippen molar-refractivity contribution in [1.29, 1.82) is 0 Å². The zero-order valence-corrected chi connectivity index (χ0v) is 19.7. The molecule has 2 aromatic carbocycles. The summed E-state index contributed by atoms with van der Waals surface area (Å²) < 4.78 is 0. The first kappa shape index (κ1) is 22.8. The summed E-state index contributed by atoms with van der Waals surface area (Å²) in [5.41, 5.74) is 3.88. The number of hydrogen-bond donors (Lipinski definition) is 0. The van der Waals surface area contributed by atoms with E-state index in [9.17, 15) is 14.4 Å². The molecule has 0 aromatic heterocycles. The van der Waals surface area contributed by atoms with Gasteiger partial charge in [0.15, 0.2) is 5.78 Å². The number of carbonyl (C=O) groups excluding carboxylic acids is 3. The second-order valence-corrected chi connectivity index (χ2v) is 9.07. The lowest BCUT2D eigenvalue weighted by Gasteiger charge is -2.36. The fourth-order valence-corrected chi connectivity index (χ4v) is 4.39. The number of amides is 3. The quantitative estimate of drug-likeness (QED) is 0.634. The molecule has 0 bridgehead atoms. The predicted octanol–water partition coefficient (Wildman–Crippen LogP) is 3.60. The van der Waals surface area contributed by atoms with Gasteiger partial charge in [-0.2, -0.15) is 0 Å². The number of hydrogen-bond acceptors (Lipinski definition) is 4. The van der Waals surface area contributed by atoms with Crippen LogP contribution in [0.4, 0.5) is 16.2 Å². The number of rotatable bonds is 6. The normalized spacial score (nSPS) is 16.7. The highest BCUT2D eigenvalue weighted by atomic mass is 16.2. The van der Waals surface area contributed by atoms with Gasteiger partial charge in [0.25, 0.3) is 0 Å². The Kier molecular flexibility index (Phi) is 6.67. The summed E-state index contributed by atoms with van der Waals surface area (Å²) in [4.78, 5) is 44.7. The van der Waals surface area contributed by atoms with Crippen LogP contribution in [0.5, 0.6) is 0 Å². The highest BCUT2D eigenvalue weighted by Gasteiger charge is 2.32. The average molecular weight is 449 g/mol. The molecular formula is C26H32N4O3. The third-order valence-corrected chi connectivity index (χ3v) is 6.56. The Bertz CT molecular complexity index is 1010. The first-order valence-corrected chi connectivity index (χ1v) is 11.6. The number of nitrogens with zero attached hydrogens (tertiary/aromatic N) is 4. The van der Waals surface area contributed by atoms with Crippen LogP contribution in [0.2, 0.25) is 0 Å². The standard InChI is InChI=1S/C26H32N4O3/c1-19(2)21-4-10-24(11-5-21)30-17-16-29(26(30)33)18-25(32)28-14-12-27(13-15-28)23-8-6-22(7-9-23)20(3)31/h4-11,19H,12-18H2,1-3H3. The Labute approximate surface area is 195 Å². The largest absolute Gasteiger partial charge is 0.368 e. The molecule has 174 valence electrons. The summed E-state index contributed by atoms with van der Waals surface area (Å²) in [6.07, 6.45) is 0. The molecule has 4 rings (SSSR count). The molecule has 0 aliphatic carbocycles. The number of anilines is 2. The molecule has 2 heterocycles. The first-order chi connectivity index (χ1) is 15.8. The molecule has 0 saturated carbocycles. The highest BCUT2D eigenvalue weighted by molar-refractivity contribution is 5.96. The minimum Gasteiger partial charge on any atom is -0.368 e. The molecule has 2 fully saturated rings. The van der Waals surface area contributed by atoms with Crippen molar-refractivity contribution < 1.29 is 14.4 Å². The SMILES string of the molecule is CC(=O)c1ccc(N2CCN(C(=O)CN3CCN(c4ccc(C(C)C)cc4)C3=O)CC2)cc1. The lowest BCUT2D eigenvalue weighted by Crippen LogP contribution is -2.51. The van der Waals surface area contributed by atoms with Gasteiger partial charge in [0.05, 0.1) is 0 Å². The van der Waals surface area contributed by atoms with E-state index in [1.54, 1.807) is 16.7 Å². The molecule has 33 heavy (non-hydrogen) atoms. The summed E-state index contributed by atoms with van der Waals surface area (Å²) in [7, 11) is 0. The van der Waals surface area contributed by atoms with Crippen LogP contribution in [-0.4, -0.2) is 73.3 Å². The van der Waals surface area contributed by atoms with Crippen LogP contribution in [0.25, 0.3) is 0 Å². The van der Waals surface area contributed by atoms with Gasteiger partial charge in [-0.3, -0.25) is 14.5 Å². The Morgan fingerprint density at radius 3 is 2.00 bits per heavy atom. The van der Waals surface area contributed by atoms with Crippen molar-refractivity contribution in [1.82, 2.24) is 9.80 Å². The van der Waals surface area contributed by atoms with Gasteiger partial charge in [-0.05, 0) is 54.8 Å².